The number of carbonyl (C=O) groups is 6. The van der Waals surface area contributed by atoms with E-state index < -0.39 is 48.0 Å². The lowest BCUT2D eigenvalue weighted by atomic mass is 9.92. The molecule has 1 aliphatic rings. The van der Waals surface area contributed by atoms with Crippen LogP contribution in [0.5, 0.6) is 5.75 Å². The van der Waals surface area contributed by atoms with E-state index in [1.165, 1.54) is 24.4 Å². The zero-order valence-corrected chi connectivity index (χ0v) is 37.0. The average Bonchev–Trinajstić information content (AvgIpc) is 3.67. The van der Waals surface area contributed by atoms with Gasteiger partial charge in [0, 0.05) is 37.2 Å². The first-order valence-corrected chi connectivity index (χ1v) is 21.7. The number of aromatic hydroxyl groups is 1. The summed E-state index contributed by atoms with van der Waals surface area (Å²) in [6.07, 6.45) is 2.97. The van der Waals surface area contributed by atoms with Gasteiger partial charge < -0.3 is 35.8 Å². The number of hydrogen-bond donors (Lipinski definition) is 5. The van der Waals surface area contributed by atoms with Gasteiger partial charge in [0.15, 0.2) is 6.10 Å². The lowest BCUT2D eigenvalue weighted by Gasteiger charge is -2.40. The van der Waals surface area contributed by atoms with E-state index in [9.17, 15) is 39.0 Å². The molecule has 2 aromatic rings. The molecule has 15 nitrogen and oxygen atoms in total. The van der Waals surface area contributed by atoms with Crippen LogP contribution in [-0.2, 0) is 35.1 Å². The SMILES string of the molecule is CCC(C)[C@H](NC(=O)[C@H]1CCCCN1C)C(=O)N(CNC(=O)CC(C)C)[C@H](C[C@@H](OC(C)=O)c1nc(C(=O)N[C@@H](Cc2ccc(O)cc2)C[C@H](C)C(=O)O)cs1)C(C)C. The number of amides is 4. The fraction of sp³-hybridized carbons (Fsp3) is 0.651. The topological polar surface area (TPSA) is 208 Å². The summed E-state index contributed by atoms with van der Waals surface area (Å²) in [5.74, 6) is -4.04. The molecule has 0 radical (unpaired) electrons. The van der Waals surface area contributed by atoms with Gasteiger partial charge in [0.2, 0.25) is 17.7 Å². The van der Waals surface area contributed by atoms with Crippen LogP contribution >= 0.6 is 11.3 Å². The van der Waals surface area contributed by atoms with E-state index in [-0.39, 0.29) is 78.9 Å². The number of carbonyl (C=O) groups excluding carboxylic acids is 5. The second-order valence-corrected chi connectivity index (χ2v) is 17.6. The molecule has 59 heavy (non-hydrogen) atoms. The van der Waals surface area contributed by atoms with Crippen molar-refractivity contribution >= 4 is 46.9 Å². The molecular weight excluding hydrogens is 777 g/mol. The number of benzene rings is 1. The summed E-state index contributed by atoms with van der Waals surface area (Å²) in [5.41, 5.74) is 0.832. The Bertz CT molecular complexity index is 1720. The molecule has 7 atom stereocenters. The molecule has 4 amide bonds. The summed E-state index contributed by atoms with van der Waals surface area (Å²) in [7, 11) is 1.91. The molecule has 1 aromatic heterocycles. The number of phenolic OH excluding ortho intramolecular Hbond substituents is 1. The van der Waals surface area contributed by atoms with Gasteiger partial charge in [-0.25, -0.2) is 4.98 Å². The van der Waals surface area contributed by atoms with Gasteiger partial charge in [0.05, 0.1) is 18.6 Å². The van der Waals surface area contributed by atoms with E-state index in [0.29, 0.717) is 24.3 Å². The summed E-state index contributed by atoms with van der Waals surface area (Å²) < 4.78 is 5.84. The third-order valence-corrected chi connectivity index (χ3v) is 11.9. The van der Waals surface area contributed by atoms with Gasteiger partial charge in [-0.1, -0.05) is 73.4 Å². The molecule has 5 N–H and O–H groups in total. The smallest absolute Gasteiger partial charge is 0.306 e. The highest BCUT2D eigenvalue weighted by Gasteiger charge is 2.39. The lowest BCUT2D eigenvalue weighted by molar-refractivity contribution is -0.150. The number of hydrogen-bond acceptors (Lipinski definition) is 11. The zero-order valence-electron chi connectivity index (χ0n) is 36.2. The minimum Gasteiger partial charge on any atom is -0.508 e. The Hall–Kier alpha value is -4.57. The van der Waals surface area contributed by atoms with Crippen molar-refractivity contribution in [3.8, 4) is 5.75 Å². The van der Waals surface area contributed by atoms with Crippen LogP contribution in [0.3, 0.4) is 0 Å². The van der Waals surface area contributed by atoms with Crippen molar-refractivity contribution in [2.45, 2.75) is 137 Å². The van der Waals surface area contributed by atoms with Gasteiger partial charge in [-0.2, -0.15) is 0 Å². The molecule has 1 aliphatic heterocycles. The second kappa shape index (κ2) is 23.3. The first-order valence-electron chi connectivity index (χ1n) is 20.8. The van der Waals surface area contributed by atoms with Crippen LogP contribution in [0, 0.1) is 23.7 Å². The third kappa shape index (κ3) is 15.2. The van der Waals surface area contributed by atoms with Crippen LogP contribution in [0.25, 0.3) is 0 Å². The summed E-state index contributed by atoms with van der Waals surface area (Å²) in [4.78, 5) is 87.8. The maximum Gasteiger partial charge on any atom is 0.306 e. The van der Waals surface area contributed by atoms with Gasteiger partial charge in [-0.3, -0.25) is 33.7 Å². The van der Waals surface area contributed by atoms with E-state index >= 15 is 0 Å². The number of carboxylic acids is 1. The molecule has 2 heterocycles. The standard InChI is InChI=1S/C43H66N6O9S/c1-10-27(6)38(47-40(54)34-13-11-12-18-48(34)9)42(55)49(24-44-37(52)19-25(2)3)35(26(4)5)22-36(58-29(8)50)41-46-33(23-59-41)39(53)45-31(20-28(7)43(56)57)21-30-14-16-32(51)17-15-30/h14-17,23,25-28,31,34-36,38,51H,10-13,18-22,24H2,1-9H3,(H,44,52)(H,45,53)(H,47,54)(H,56,57)/t27?,28-,31+,34+,35+,36+,38-/m0/s1. The summed E-state index contributed by atoms with van der Waals surface area (Å²) >= 11 is 1.11. The Kier molecular flexibility index (Phi) is 19.3. The molecule has 1 unspecified atom stereocenters. The van der Waals surface area contributed by atoms with Crippen LogP contribution in [0.2, 0.25) is 0 Å². The van der Waals surface area contributed by atoms with E-state index in [0.717, 1.165) is 36.3 Å². The highest BCUT2D eigenvalue weighted by Crippen LogP contribution is 2.32. The van der Waals surface area contributed by atoms with Crippen LogP contribution in [0.15, 0.2) is 29.6 Å². The van der Waals surface area contributed by atoms with Crippen molar-refractivity contribution in [1.29, 1.82) is 0 Å². The average molecular weight is 843 g/mol. The molecule has 16 heteroatoms. The highest BCUT2D eigenvalue weighted by molar-refractivity contribution is 7.09. The predicted octanol–water partition coefficient (Wildman–Crippen LogP) is 5.28. The molecule has 0 bridgehead atoms. The van der Waals surface area contributed by atoms with Crippen molar-refractivity contribution in [3.63, 3.8) is 0 Å². The fourth-order valence-corrected chi connectivity index (χ4v) is 8.15. The number of aliphatic carboxylic acids is 1. The summed E-state index contributed by atoms with van der Waals surface area (Å²) in [5, 5.41) is 30.1. The Morgan fingerprint density at radius 3 is 2.25 bits per heavy atom. The molecular formula is C43H66N6O9S. The summed E-state index contributed by atoms with van der Waals surface area (Å²) in [6, 6.07) is 3.98. The molecule has 0 saturated carbocycles. The van der Waals surface area contributed by atoms with Crippen LogP contribution < -0.4 is 16.0 Å². The van der Waals surface area contributed by atoms with Crippen molar-refractivity contribution in [2.24, 2.45) is 23.7 Å². The van der Waals surface area contributed by atoms with Gasteiger partial charge >= 0.3 is 11.9 Å². The van der Waals surface area contributed by atoms with Gasteiger partial charge in [-0.05, 0) is 74.7 Å². The zero-order chi connectivity index (χ0) is 44.0. The molecule has 0 aliphatic carbocycles. The molecule has 0 spiro atoms. The van der Waals surface area contributed by atoms with Gasteiger partial charge in [0.1, 0.15) is 22.5 Å². The van der Waals surface area contributed by atoms with E-state index in [4.69, 9.17) is 4.74 Å². The van der Waals surface area contributed by atoms with Crippen molar-refractivity contribution in [1.82, 2.24) is 30.7 Å². The third-order valence-electron chi connectivity index (χ3n) is 11.0. The van der Waals surface area contributed by atoms with Crippen molar-refractivity contribution in [2.75, 3.05) is 20.3 Å². The number of aromatic nitrogens is 1. The lowest BCUT2D eigenvalue weighted by Crippen LogP contribution is -2.60. The Labute approximate surface area is 353 Å². The quantitative estimate of drug-likeness (QED) is 0.0761. The molecule has 1 fully saturated rings. The maximum absolute atomic E-state index is 14.9. The number of likely N-dealkylation sites (N-methyl/N-ethyl adjacent to an activating group) is 1. The van der Waals surface area contributed by atoms with E-state index in [2.05, 4.69) is 20.9 Å². The first-order chi connectivity index (χ1) is 27.8. The number of ether oxygens (including phenoxy) is 1. The van der Waals surface area contributed by atoms with E-state index in [1.807, 2.05) is 53.5 Å². The van der Waals surface area contributed by atoms with Crippen molar-refractivity contribution in [3.05, 3.63) is 45.9 Å². The molecule has 328 valence electrons. The number of nitrogens with zero attached hydrogens (tertiary/aromatic N) is 3. The number of rotatable bonds is 22. The monoisotopic (exact) mass is 842 g/mol. The van der Waals surface area contributed by atoms with Crippen molar-refractivity contribution < 1.29 is 43.7 Å². The highest BCUT2D eigenvalue weighted by atomic mass is 32.1. The predicted molar refractivity (Wildman–Crippen MR) is 225 cm³/mol. The fourth-order valence-electron chi connectivity index (χ4n) is 7.31. The van der Waals surface area contributed by atoms with Gasteiger partial charge in [-0.15, -0.1) is 11.3 Å². The number of nitrogens with one attached hydrogen (secondary N) is 3. The molecule has 1 saturated heterocycles. The number of phenols is 1. The molecule has 3 rings (SSSR count). The summed E-state index contributed by atoms with van der Waals surface area (Å²) in [6.45, 7) is 15.0. The Balaban J connectivity index is 1.96. The first kappa shape index (κ1) is 48.8. The van der Waals surface area contributed by atoms with Crippen LogP contribution in [-0.4, -0.2) is 105 Å². The number of carboxylic acid groups (broad SMARTS) is 1. The van der Waals surface area contributed by atoms with Crippen LogP contribution in [0.4, 0.5) is 0 Å². The maximum atomic E-state index is 14.9. The van der Waals surface area contributed by atoms with Gasteiger partial charge in [0.25, 0.3) is 5.91 Å². The second-order valence-electron chi connectivity index (χ2n) is 16.8. The number of esters is 1. The largest absolute Gasteiger partial charge is 0.508 e. The van der Waals surface area contributed by atoms with Crippen LogP contribution in [0.1, 0.15) is 127 Å². The molecule has 1 aromatic carbocycles. The minimum atomic E-state index is -1.00. The minimum absolute atomic E-state index is 0.0445. The Morgan fingerprint density at radius 1 is 1.00 bits per heavy atom. The Morgan fingerprint density at radius 2 is 1.68 bits per heavy atom. The van der Waals surface area contributed by atoms with E-state index in [1.54, 1.807) is 24.0 Å². The number of piperidine rings is 1. The number of likely N-dealkylation sites (tertiary alicyclic amines) is 1. The number of thiazole rings is 1. The normalized spacial score (nSPS) is 17.6.